The van der Waals surface area contributed by atoms with Gasteiger partial charge in [-0.3, -0.25) is 24.0 Å². The Morgan fingerprint density at radius 3 is 2.23 bits per heavy atom. The molecule has 1 saturated carbocycles. The highest BCUT2D eigenvalue weighted by atomic mass is 16.2. The van der Waals surface area contributed by atoms with Gasteiger partial charge in [0.15, 0.2) is 0 Å². The van der Waals surface area contributed by atoms with E-state index in [1.54, 1.807) is 6.07 Å². The van der Waals surface area contributed by atoms with E-state index < -0.39 is 0 Å². The third kappa shape index (κ3) is 4.91. The van der Waals surface area contributed by atoms with Crippen molar-refractivity contribution in [3.8, 4) is 0 Å². The first-order chi connectivity index (χ1) is 19.4. The molecule has 0 bridgehead atoms. The number of carbonyl (C=O) groups is 3. The predicted molar refractivity (Wildman–Crippen MR) is 154 cm³/mol. The molecule has 8 heteroatoms. The number of rotatable bonds is 5. The van der Waals surface area contributed by atoms with E-state index in [0.717, 1.165) is 48.3 Å². The molecule has 1 saturated heterocycles. The largest absolute Gasteiger partial charge is 0.367 e. The van der Waals surface area contributed by atoms with E-state index in [-0.39, 0.29) is 23.8 Å². The van der Waals surface area contributed by atoms with Crippen molar-refractivity contribution < 1.29 is 14.4 Å². The van der Waals surface area contributed by atoms with Gasteiger partial charge in [0.25, 0.3) is 17.7 Å². The fraction of sp³-hybridized carbons (Fsp3) is 0.438. The summed E-state index contributed by atoms with van der Waals surface area (Å²) in [6, 6.07) is 15.4. The molecule has 2 aromatic carbocycles. The highest BCUT2D eigenvalue weighted by Gasteiger charge is 2.42. The second kappa shape index (κ2) is 10.9. The van der Waals surface area contributed by atoms with E-state index >= 15 is 0 Å². The average Bonchev–Trinajstić information content (AvgIpc) is 3.26. The molecule has 3 aliphatic rings. The van der Waals surface area contributed by atoms with E-state index in [1.807, 2.05) is 59.8 Å². The Hall–Kier alpha value is -3.94. The van der Waals surface area contributed by atoms with Crippen LogP contribution in [0.5, 0.6) is 0 Å². The number of benzene rings is 2. The van der Waals surface area contributed by atoms with Crippen LogP contribution in [0.15, 0.2) is 48.5 Å². The van der Waals surface area contributed by atoms with Crippen LogP contribution < -0.4 is 4.90 Å². The van der Waals surface area contributed by atoms with Crippen molar-refractivity contribution in [1.29, 1.82) is 0 Å². The molecule has 0 radical (unpaired) electrons. The zero-order valence-corrected chi connectivity index (χ0v) is 23.4. The van der Waals surface area contributed by atoms with Crippen molar-refractivity contribution in [2.45, 2.75) is 65.0 Å². The molecule has 3 aromatic rings. The molecule has 0 atom stereocenters. The molecule has 40 heavy (non-hydrogen) atoms. The number of aryl methyl sites for hydroxylation is 2. The molecule has 2 fully saturated rings. The molecule has 208 valence electrons. The Morgan fingerprint density at radius 1 is 0.875 bits per heavy atom. The van der Waals surface area contributed by atoms with Gasteiger partial charge in [-0.05, 0) is 62.6 Å². The first-order valence-electron chi connectivity index (χ1n) is 14.6. The highest BCUT2D eigenvalue weighted by molar-refractivity contribution is 6.24. The van der Waals surface area contributed by atoms with E-state index in [0.29, 0.717) is 49.4 Å². The Labute approximate surface area is 235 Å². The molecule has 6 rings (SSSR count). The van der Waals surface area contributed by atoms with Crippen LogP contribution in [0, 0.1) is 13.8 Å². The molecule has 3 heterocycles. The third-order valence-corrected chi connectivity index (χ3v) is 8.66. The first-order valence-corrected chi connectivity index (χ1v) is 14.6. The predicted octanol–water partition coefficient (Wildman–Crippen LogP) is 4.83. The molecule has 0 spiro atoms. The maximum atomic E-state index is 13.6. The van der Waals surface area contributed by atoms with Gasteiger partial charge in [-0.25, -0.2) is 0 Å². The average molecular weight is 540 g/mol. The number of amides is 3. The van der Waals surface area contributed by atoms with Crippen molar-refractivity contribution in [2.24, 2.45) is 0 Å². The Balaban J connectivity index is 1.11. The minimum atomic E-state index is -0.151. The smallest absolute Gasteiger partial charge is 0.263 e. The van der Waals surface area contributed by atoms with Gasteiger partial charge >= 0.3 is 0 Å². The van der Waals surface area contributed by atoms with Crippen molar-refractivity contribution in [2.75, 3.05) is 31.1 Å². The zero-order chi connectivity index (χ0) is 27.8. The van der Waals surface area contributed by atoms with Gasteiger partial charge in [-0.2, -0.15) is 5.10 Å². The molecular formula is C32H37N5O3. The van der Waals surface area contributed by atoms with Gasteiger partial charge in [0, 0.05) is 43.5 Å². The molecule has 1 aromatic heterocycles. The second-order valence-electron chi connectivity index (χ2n) is 11.4. The molecule has 0 unspecified atom stereocenters. The zero-order valence-electron chi connectivity index (χ0n) is 23.4. The van der Waals surface area contributed by atoms with Crippen LogP contribution in [0.1, 0.15) is 86.6 Å². The highest BCUT2D eigenvalue weighted by Crippen LogP contribution is 2.36. The van der Waals surface area contributed by atoms with Crippen LogP contribution in [-0.2, 0) is 6.54 Å². The topological polar surface area (TPSA) is 78.8 Å². The van der Waals surface area contributed by atoms with Crippen LogP contribution in [-0.4, -0.2) is 69.5 Å². The van der Waals surface area contributed by atoms with Gasteiger partial charge in [-0.1, -0.05) is 43.9 Å². The van der Waals surface area contributed by atoms with Gasteiger partial charge in [0.2, 0.25) is 0 Å². The van der Waals surface area contributed by atoms with Gasteiger partial charge in [0.1, 0.15) is 0 Å². The van der Waals surface area contributed by atoms with Crippen LogP contribution in [0.25, 0.3) is 0 Å². The monoisotopic (exact) mass is 539 g/mol. The maximum absolute atomic E-state index is 13.6. The van der Waals surface area contributed by atoms with Crippen molar-refractivity contribution in [1.82, 2.24) is 19.6 Å². The number of nitrogens with zero attached hydrogens (tertiary/aromatic N) is 5. The Bertz CT molecular complexity index is 1430. The fourth-order valence-corrected chi connectivity index (χ4v) is 6.49. The summed E-state index contributed by atoms with van der Waals surface area (Å²) in [7, 11) is 0. The van der Waals surface area contributed by atoms with Gasteiger partial charge in [0.05, 0.1) is 29.1 Å². The van der Waals surface area contributed by atoms with Crippen molar-refractivity contribution in [3.05, 3.63) is 82.2 Å². The molecule has 8 nitrogen and oxygen atoms in total. The first kappa shape index (κ1) is 26.3. The number of hydrogen-bond donors (Lipinski definition) is 0. The van der Waals surface area contributed by atoms with Crippen LogP contribution in [0.3, 0.4) is 0 Å². The minimum absolute atomic E-state index is 0.00343. The number of aromatic nitrogens is 2. The number of hydrogen-bond acceptors (Lipinski definition) is 5. The van der Waals surface area contributed by atoms with Crippen LogP contribution in [0.2, 0.25) is 0 Å². The minimum Gasteiger partial charge on any atom is -0.367 e. The molecule has 2 aliphatic heterocycles. The summed E-state index contributed by atoms with van der Waals surface area (Å²) in [6.45, 7) is 7.05. The Morgan fingerprint density at radius 2 is 1.57 bits per heavy atom. The lowest BCUT2D eigenvalue weighted by molar-refractivity contribution is 0.0569. The number of imide groups is 1. The van der Waals surface area contributed by atoms with Gasteiger partial charge < -0.3 is 9.80 Å². The maximum Gasteiger partial charge on any atom is 0.263 e. The standard InChI is InChI=1S/C32H37N5O3/c1-22-20-23(2)36(33-22)21-24-12-14-25(15-13-24)30(38)35-18-16-34(17-19-35)28-11-7-10-27-29(28)32(40)37(31(27)39)26-8-5-3-4-6-9-26/h7,10-15,20,26H,3-6,8-9,16-19,21H2,1-2H3. The van der Waals surface area contributed by atoms with Crippen LogP contribution in [0.4, 0.5) is 5.69 Å². The summed E-state index contributed by atoms with van der Waals surface area (Å²) in [5, 5.41) is 4.52. The third-order valence-electron chi connectivity index (χ3n) is 8.66. The van der Waals surface area contributed by atoms with Gasteiger partial charge in [-0.15, -0.1) is 0 Å². The van der Waals surface area contributed by atoms with Crippen molar-refractivity contribution in [3.63, 3.8) is 0 Å². The van der Waals surface area contributed by atoms with Crippen LogP contribution >= 0.6 is 0 Å². The lowest BCUT2D eigenvalue weighted by Gasteiger charge is -2.36. The summed E-state index contributed by atoms with van der Waals surface area (Å²) in [4.78, 5) is 45.8. The lowest BCUT2D eigenvalue weighted by Crippen LogP contribution is -2.49. The fourth-order valence-electron chi connectivity index (χ4n) is 6.49. The second-order valence-corrected chi connectivity index (χ2v) is 11.4. The quantitative estimate of drug-likeness (QED) is 0.343. The summed E-state index contributed by atoms with van der Waals surface area (Å²) in [5.41, 5.74) is 5.75. The number of anilines is 1. The summed E-state index contributed by atoms with van der Waals surface area (Å²) in [6.07, 6.45) is 6.25. The van der Waals surface area contributed by atoms with E-state index in [4.69, 9.17) is 0 Å². The molecular weight excluding hydrogens is 502 g/mol. The number of fused-ring (bicyclic) bond motifs is 1. The SMILES string of the molecule is Cc1cc(C)n(Cc2ccc(C(=O)N3CCN(c4cccc5c4C(=O)N(C4CCCCCC4)C5=O)CC3)cc2)n1. The van der Waals surface area contributed by atoms with Crippen molar-refractivity contribution >= 4 is 23.4 Å². The van der Waals surface area contributed by atoms with E-state index in [2.05, 4.69) is 16.1 Å². The van der Waals surface area contributed by atoms with E-state index in [1.165, 1.54) is 17.7 Å². The summed E-state index contributed by atoms with van der Waals surface area (Å²) in [5.74, 6) is -0.285. The molecule has 1 aliphatic carbocycles. The molecule has 3 amide bonds. The number of piperazine rings is 1. The lowest BCUT2D eigenvalue weighted by atomic mass is 10.1. The Kier molecular flexibility index (Phi) is 7.17. The number of carbonyl (C=O) groups excluding carboxylic acids is 3. The summed E-state index contributed by atoms with van der Waals surface area (Å²) >= 11 is 0. The summed E-state index contributed by atoms with van der Waals surface area (Å²) < 4.78 is 1.97. The normalized spacial score (nSPS) is 18.3. The van der Waals surface area contributed by atoms with E-state index in [9.17, 15) is 14.4 Å². The molecule has 0 N–H and O–H groups in total.